The van der Waals surface area contributed by atoms with Crippen LogP contribution >= 0.6 is 15.9 Å². The Balaban J connectivity index is 2.37. The standard InChI is InChI=1S/C14H9BrF3N3/c1-6-2-13-11(5-8(6)16)20-14(19)21(13)12-3-7(15)9(17)4-10(12)18/h2-5H,1H3,(H2,19,20). The van der Waals surface area contributed by atoms with Crippen molar-refractivity contribution in [1.82, 2.24) is 9.55 Å². The van der Waals surface area contributed by atoms with Gasteiger partial charge in [-0.15, -0.1) is 0 Å². The Hall–Kier alpha value is -2.02. The molecule has 0 amide bonds. The van der Waals surface area contributed by atoms with Gasteiger partial charge in [0.15, 0.2) is 0 Å². The van der Waals surface area contributed by atoms with E-state index >= 15 is 0 Å². The SMILES string of the molecule is Cc1cc2c(cc1F)nc(N)n2-c1cc(Br)c(F)cc1F. The highest BCUT2D eigenvalue weighted by molar-refractivity contribution is 9.10. The van der Waals surface area contributed by atoms with Gasteiger partial charge in [-0.3, -0.25) is 4.57 Å². The van der Waals surface area contributed by atoms with Crippen molar-refractivity contribution in [3.05, 3.63) is 51.8 Å². The molecule has 2 aromatic carbocycles. The van der Waals surface area contributed by atoms with Gasteiger partial charge in [0.25, 0.3) is 0 Å². The fourth-order valence-corrected chi connectivity index (χ4v) is 2.49. The van der Waals surface area contributed by atoms with Crippen LogP contribution in [0.3, 0.4) is 0 Å². The van der Waals surface area contributed by atoms with E-state index < -0.39 is 17.5 Å². The smallest absolute Gasteiger partial charge is 0.206 e. The fourth-order valence-electron chi connectivity index (χ4n) is 2.16. The molecule has 0 aliphatic carbocycles. The fraction of sp³-hybridized carbons (Fsp3) is 0.0714. The van der Waals surface area contributed by atoms with Crippen LogP contribution in [-0.2, 0) is 0 Å². The van der Waals surface area contributed by atoms with Crippen molar-refractivity contribution in [1.29, 1.82) is 0 Å². The number of rotatable bonds is 1. The molecule has 0 radical (unpaired) electrons. The minimum absolute atomic E-state index is 0.00703. The molecular weight excluding hydrogens is 347 g/mol. The van der Waals surface area contributed by atoms with Crippen LogP contribution in [0.15, 0.2) is 28.7 Å². The van der Waals surface area contributed by atoms with Crippen LogP contribution in [0.25, 0.3) is 16.7 Å². The summed E-state index contributed by atoms with van der Waals surface area (Å²) in [6.45, 7) is 1.58. The summed E-state index contributed by atoms with van der Waals surface area (Å²) in [5.74, 6) is -1.94. The molecule has 0 fully saturated rings. The Labute approximate surface area is 126 Å². The van der Waals surface area contributed by atoms with Gasteiger partial charge in [0.1, 0.15) is 17.5 Å². The van der Waals surface area contributed by atoms with Crippen molar-refractivity contribution >= 4 is 32.9 Å². The molecule has 3 nitrogen and oxygen atoms in total. The highest BCUT2D eigenvalue weighted by atomic mass is 79.9. The number of nitrogen functional groups attached to an aromatic ring is 1. The molecule has 0 bridgehead atoms. The molecule has 1 aromatic heterocycles. The first kappa shape index (κ1) is 13.9. The monoisotopic (exact) mass is 355 g/mol. The molecule has 0 saturated heterocycles. The third kappa shape index (κ3) is 2.17. The van der Waals surface area contributed by atoms with Gasteiger partial charge in [0.2, 0.25) is 5.95 Å². The molecule has 7 heteroatoms. The Bertz CT molecular complexity index is 874. The van der Waals surface area contributed by atoms with E-state index in [9.17, 15) is 13.2 Å². The third-order valence-corrected chi connectivity index (χ3v) is 3.80. The molecule has 2 N–H and O–H groups in total. The first-order valence-electron chi connectivity index (χ1n) is 5.97. The number of halogens is 4. The number of imidazole rings is 1. The predicted octanol–water partition coefficient (Wildman–Crippen LogP) is 4.10. The summed E-state index contributed by atoms with van der Waals surface area (Å²) >= 11 is 3.00. The summed E-state index contributed by atoms with van der Waals surface area (Å²) in [5.41, 5.74) is 6.96. The Morgan fingerprint density at radius 2 is 1.76 bits per heavy atom. The number of hydrogen-bond donors (Lipinski definition) is 1. The molecule has 0 aliphatic rings. The molecule has 0 spiro atoms. The van der Waals surface area contributed by atoms with Gasteiger partial charge in [0.05, 0.1) is 21.2 Å². The van der Waals surface area contributed by atoms with Crippen LogP contribution in [0.2, 0.25) is 0 Å². The quantitative estimate of drug-likeness (QED) is 0.668. The maximum absolute atomic E-state index is 14.0. The van der Waals surface area contributed by atoms with E-state index in [1.54, 1.807) is 6.92 Å². The van der Waals surface area contributed by atoms with E-state index in [4.69, 9.17) is 5.73 Å². The third-order valence-electron chi connectivity index (χ3n) is 3.19. The summed E-state index contributed by atoms with van der Waals surface area (Å²) in [4.78, 5) is 4.01. The van der Waals surface area contributed by atoms with Gasteiger partial charge in [-0.05, 0) is 40.5 Å². The minimum atomic E-state index is -0.788. The maximum atomic E-state index is 14.0. The van der Waals surface area contributed by atoms with E-state index in [0.29, 0.717) is 16.6 Å². The largest absolute Gasteiger partial charge is 0.369 e. The lowest BCUT2D eigenvalue weighted by Gasteiger charge is -2.09. The number of aryl methyl sites for hydroxylation is 1. The lowest BCUT2D eigenvalue weighted by atomic mass is 10.2. The molecule has 0 saturated carbocycles. The second kappa shape index (κ2) is 4.77. The molecular formula is C14H9BrF3N3. The minimum Gasteiger partial charge on any atom is -0.369 e. The summed E-state index contributed by atoms with van der Waals surface area (Å²) in [5, 5.41) is 0. The lowest BCUT2D eigenvalue weighted by Crippen LogP contribution is -2.04. The average molecular weight is 356 g/mol. The molecule has 21 heavy (non-hydrogen) atoms. The Morgan fingerprint density at radius 3 is 2.48 bits per heavy atom. The summed E-state index contributed by atoms with van der Waals surface area (Å²) in [6.07, 6.45) is 0. The zero-order chi connectivity index (χ0) is 15.3. The van der Waals surface area contributed by atoms with Gasteiger partial charge in [0, 0.05) is 12.1 Å². The van der Waals surface area contributed by atoms with Crippen LogP contribution in [0, 0.1) is 24.4 Å². The van der Waals surface area contributed by atoms with Crippen molar-refractivity contribution in [2.75, 3.05) is 5.73 Å². The zero-order valence-corrected chi connectivity index (χ0v) is 12.4. The van der Waals surface area contributed by atoms with E-state index in [-0.39, 0.29) is 16.1 Å². The first-order chi connectivity index (χ1) is 9.88. The summed E-state index contributed by atoms with van der Waals surface area (Å²) in [6, 6.07) is 4.76. The zero-order valence-electron chi connectivity index (χ0n) is 10.8. The normalized spacial score (nSPS) is 11.3. The second-order valence-electron chi connectivity index (χ2n) is 4.61. The number of aromatic nitrogens is 2. The molecule has 3 rings (SSSR count). The van der Waals surface area contributed by atoms with Crippen molar-refractivity contribution in [2.45, 2.75) is 6.92 Å². The number of anilines is 1. The van der Waals surface area contributed by atoms with Gasteiger partial charge >= 0.3 is 0 Å². The maximum Gasteiger partial charge on any atom is 0.206 e. The van der Waals surface area contributed by atoms with Gasteiger partial charge < -0.3 is 5.73 Å². The predicted molar refractivity (Wildman–Crippen MR) is 77.8 cm³/mol. The van der Waals surface area contributed by atoms with Crippen LogP contribution in [0.5, 0.6) is 0 Å². The van der Waals surface area contributed by atoms with Crippen molar-refractivity contribution in [2.24, 2.45) is 0 Å². The number of benzene rings is 2. The van der Waals surface area contributed by atoms with Crippen LogP contribution in [-0.4, -0.2) is 9.55 Å². The number of nitrogens with zero attached hydrogens (tertiary/aromatic N) is 2. The molecule has 3 aromatic rings. The molecule has 0 unspecified atom stereocenters. The first-order valence-corrected chi connectivity index (χ1v) is 6.77. The Morgan fingerprint density at radius 1 is 1.05 bits per heavy atom. The van der Waals surface area contributed by atoms with E-state index in [0.717, 1.165) is 6.07 Å². The van der Waals surface area contributed by atoms with Gasteiger partial charge in [-0.1, -0.05) is 0 Å². The number of nitrogens with two attached hydrogens (primary N) is 1. The van der Waals surface area contributed by atoms with Crippen LogP contribution in [0.1, 0.15) is 5.56 Å². The molecule has 108 valence electrons. The highest BCUT2D eigenvalue weighted by Crippen LogP contribution is 2.29. The lowest BCUT2D eigenvalue weighted by molar-refractivity contribution is 0.574. The van der Waals surface area contributed by atoms with Crippen LogP contribution < -0.4 is 5.73 Å². The second-order valence-corrected chi connectivity index (χ2v) is 5.47. The number of fused-ring (bicyclic) bond motifs is 1. The molecule has 1 heterocycles. The van der Waals surface area contributed by atoms with E-state index in [1.165, 1.54) is 22.8 Å². The highest BCUT2D eigenvalue weighted by Gasteiger charge is 2.17. The van der Waals surface area contributed by atoms with Gasteiger partial charge in [-0.2, -0.15) is 0 Å². The van der Waals surface area contributed by atoms with Crippen molar-refractivity contribution in [3.63, 3.8) is 0 Å². The van der Waals surface area contributed by atoms with E-state index in [2.05, 4.69) is 20.9 Å². The van der Waals surface area contributed by atoms with Crippen molar-refractivity contribution in [3.8, 4) is 5.69 Å². The van der Waals surface area contributed by atoms with Crippen molar-refractivity contribution < 1.29 is 13.2 Å². The van der Waals surface area contributed by atoms with Gasteiger partial charge in [-0.25, -0.2) is 18.2 Å². The molecule has 0 atom stereocenters. The molecule has 0 aliphatic heterocycles. The topological polar surface area (TPSA) is 43.8 Å². The average Bonchev–Trinajstić information content (AvgIpc) is 2.70. The summed E-state index contributed by atoms with van der Waals surface area (Å²) in [7, 11) is 0. The van der Waals surface area contributed by atoms with E-state index in [1.807, 2.05) is 0 Å². The Kier molecular flexibility index (Phi) is 3.16. The summed E-state index contributed by atoms with van der Waals surface area (Å²) < 4.78 is 42.4. The number of hydrogen-bond acceptors (Lipinski definition) is 2. The van der Waals surface area contributed by atoms with Crippen LogP contribution in [0.4, 0.5) is 19.1 Å².